The highest BCUT2D eigenvalue weighted by atomic mass is 16.5. The van der Waals surface area contributed by atoms with Gasteiger partial charge in [-0.1, -0.05) is 44.9 Å². The van der Waals surface area contributed by atoms with Crippen LogP contribution in [0.25, 0.3) is 0 Å². The summed E-state index contributed by atoms with van der Waals surface area (Å²) in [5.74, 6) is 1.61. The minimum atomic E-state index is 0.626. The smallest absolute Gasteiger partial charge is 0.0469 e. The summed E-state index contributed by atoms with van der Waals surface area (Å²) in [5, 5.41) is 0. The fraction of sp³-hybridized carbons (Fsp3) is 0.769. The third-order valence-electron chi connectivity index (χ3n) is 8.49. The Morgan fingerprint density at radius 2 is 1.55 bits per heavy atom. The Morgan fingerprint density at radius 1 is 0.897 bits per heavy atom. The molecule has 0 spiro atoms. The molecule has 0 unspecified atom stereocenters. The highest BCUT2D eigenvalue weighted by molar-refractivity contribution is 5.55. The molecule has 1 saturated carbocycles. The Labute approximate surface area is 178 Å². The first-order valence-corrected chi connectivity index (χ1v) is 12.4. The van der Waals surface area contributed by atoms with Crippen LogP contribution >= 0.6 is 0 Å². The SMILES string of the molecule is CCC1(CC)CCC(c2ccccc2N2CCN(CC3CCOCC3)CC2)CC1. The summed E-state index contributed by atoms with van der Waals surface area (Å²) in [5.41, 5.74) is 3.79. The third kappa shape index (κ3) is 4.99. The van der Waals surface area contributed by atoms with E-state index in [4.69, 9.17) is 4.74 Å². The molecule has 2 aliphatic heterocycles. The van der Waals surface area contributed by atoms with Gasteiger partial charge in [0.05, 0.1) is 0 Å². The topological polar surface area (TPSA) is 15.7 Å². The zero-order valence-electron chi connectivity index (χ0n) is 18.9. The van der Waals surface area contributed by atoms with Gasteiger partial charge in [0.1, 0.15) is 0 Å². The summed E-state index contributed by atoms with van der Waals surface area (Å²) >= 11 is 0. The Bertz CT molecular complexity index is 617. The Morgan fingerprint density at radius 3 is 2.21 bits per heavy atom. The molecule has 3 heteroatoms. The van der Waals surface area contributed by atoms with Gasteiger partial charge in [-0.05, 0) is 67.4 Å². The molecular weight excluding hydrogens is 356 g/mol. The average molecular weight is 399 g/mol. The molecule has 0 aromatic heterocycles. The van der Waals surface area contributed by atoms with Crippen LogP contribution < -0.4 is 4.90 Å². The molecule has 0 amide bonds. The van der Waals surface area contributed by atoms with Gasteiger partial charge in [0.15, 0.2) is 0 Å². The van der Waals surface area contributed by atoms with Crippen LogP contribution in [0.5, 0.6) is 0 Å². The van der Waals surface area contributed by atoms with Gasteiger partial charge in [0.25, 0.3) is 0 Å². The fourth-order valence-corrected chi connectivity index (χ4v) is 6.08. The van der Waals surface area contributed by atoms with E-state index in [9.17, 15) is 0 Å². The lowest BCUT2D eigenvalue weighted by Crippen LogP contribution is -2.48. The van der Waals surface area contributed by atoms with E-state index in [1.165, 1.54) is 89.8 Å². The van der Waals surface area contributed by atoms with E-state index >= 15 is 0 Å². The third-order valence-corrected chi connectivity index (χ3v) is 8.49. The monoisotopic (exact) mass is 398 g/mol. The fourth-order valence-electron chi connectivity index (χ4n) is 6.08. The number of nitrogens with zero attached hydrogens (tertiary/aromatic N) is 2. The number of hydrogen-bond acceptors (Lipinski definition) is 3. The van der Waals surface area contributed by atoms with Crippen molar-refractivity contribution < 1.29 is 4.74 Å². The molecule has 4 rings (SSSR count). The van der Waals surface area contributed by atoms with E-state index < -0.39 is 0 Å². The molecule has 3 nitrogen and oxygen atoms in total. The van der Waals surface area contributed by atoms with Crippen molar-refractivity contribution in [2.75, 3.05) is 50.8 Å². The van der Waals surface area contributed by atoms with Crippen molar-refractivity contribution >= 4 is 5.69 Å². The van der Waals surface area contributed by atoms with Gasteiger partial charge >= 0.3 is 0 Å². The van der Waals surface area contributed by atoms with Gasteiger partial charge in [0, 0.05) is 51.6 Å². The summed E-state index contributed by atoms with van der Waals surface area (Å²) in [4.78, 5) is 5.38. The maximum atomic E-state index is 5.53. The van der Waals surface area contributed by atoms with E-state index in [0.29, 0.717) is 5.41 Å². The standard InChI is InChI=1S/C26H42N2O/c1-3-26(4-2)13-9-23(10-14-26)24-7-5-6-8-25(24)28-17-15-27(16-18-28)21-22-11-19-29-20-12-22/h5-8,22-23H,3-4,9-21H2,1-2H3. The maximum absolute atomic E-state index is 5.53. The first-order valence-electron chi connectivity index (χ1n) is 12.4. The van der Waals surface area contributed by atoms with Crippen molar-refractivity contribution in [2.24, 2.45) is 11.3 Å². The summed E-state index contributed by atoms with van der Waals surface area (Å²) in [6.45, 7) is 12.8. The predicted molar refractivity (Wildman–Crippen MR) is 123 cm³/mol. The highest BCUT2D eigenvalue weighted by Crippen LogP contribution is 2.48. The molecule has 2 heterocycles. The van der Waals surface area contributed by atoms with Crippen molar-refractivity contribution in [3.05, 3.63) is 29.8 Å². The molecule has 1 aliphatic carbocycles. The second-order valence-corrected chi connectivity index (χ2v) is 9.88. The van der Waals surface area contributed by atoms with Gasteiger partial charge in [-0.2, -0.15) is 0 Å². The van der Waals surface area contributed by atoms with Crippen LogP contribution in [0.3, 0.4) is 0 Å². The zero-order chi connectivity index (χ0) is 20.1. The molecule has 3 aliphatic rings. The van der Waals surface area contributed by atoms with E-state index in [2.05, 4.69) is 47.9 Å². The molecular formula is C26H42N2O. The number of piperazine rings is 1. The van der Waals surface area contributed by atoms with Crippen LogP contribution in [-0.4, -0.2) is 50.8 Å². The molecule has 0 radical (unpaired) electrons. The zero-order valence-corrected chi connectivity index (χ0v) is 18.9. The van der Waals surface area contributed by atoms with Gasteiger partial charge in [-0.3, -0.25) is 4.90 Å². The molecule has 1 aromatic rings. The molecule has 2 saturated heterocycles. The number of para-hydroxylation sites is 1. The van der Waals surface area contributed by atoms with E-state index in [1.807, 2.05) is 0 Å². The van der Waals surface area contributed by atoms with Crippen LogP contribution in [0.15, 0.2) is 24.3 Å². The number of anilines is 1. The predicted octanol–water partition coefficient (Wildman–Crippen LogP) is 5.70. The first-order chi connectivity index (χ1) is 14.2. The molecule has 3 fully saturated rings. The number of rotatable bonds is 6. The van der Waals surface area contributed by atoms with Crippen molar-refractivity contribution in [1.82, 2.24) is 4.90 Å². The first kappa shape index (κ1) is 21.2. The van der Waals surface area contributed by atoms with E-state index in [0.717, 1.165) is 25.0 Å². The summed E-state index contributed by atoms with van der Waals surface area (Å²) in [7, 11) is 0. The summed E-state index contributed by atoms with van der Waals surface area (Å²) in [6, 6.07) is 9.34. The molecule has 1 aromatic carbocycles. The lowest BCUT2D eigenvalue weighted by molar-refractivity contribution is 0.0517. The largest absolute Gasteiger partial charge is 0.381 e. The quantitative estimate of drug-likeness (QED) is 0.611. The number of benzene rings is 1. The second-order valence-electron chi connectivity index (χ2n) is 9.88. The molecule has 0 bridgehead atoms. The van der Waals surface area contributed by atoms with Gasteiger partial charge in [-0.25, -0.2) is 0 Å². The van der Waals surface area contributed by atoms with Crippen LogP contribution in [0.4, 0.5) is 5.69 Å². The molecule has 0 N–H and O–H groups in total. The van der Waals surface area contributed by atoms with Crippen molar-refractivity contribution in [2.45, 2.75) is 71.1 Å². The lowest BCUT2D eigenvalue weighted by Gasteiger charge is -2.42. The van der Waals surface area contributed by atoms with Crippen LogP contribution in [0, 0.1) is 11.3 Å². The normalized spacial score (nSPS) is 24.7. The van der Waals surface area contributed by atoms with Crippen LogP contribution in [0.1, 0.15) is 76.7 Å². The average Bonchev–Trinajstić information content (AvgIpc) is 2.80. The molecule has 162 valence electrons. The summed E-state index contributed by atoms with van der Waals surface area (Å²) in [6.07, 6.45) is 10.8. The Hall–Kier alpha value is -1.06. The minimum absolute atomic E-state index is 0.626. The van der Waals surface area contributed by atoms with Crippen molar-refractivity contribution in [3.63, 3.8) is 0 Å². The second kappa shape index (κ2) is 9.83. The maximum Gasteiger partial charge on any atom is 0.0469 e. The number of ether oxygens (including phenoxy) is 1. The van der Waals surface area contributed by atoms with E-state index in [1.54, 1.807) is 5.56 Å². The highest BCUT2D eigenvalue weighted by Gasteiger charge is 2.34. The summed E-state index contributed by atoms with van der Waals surface area (Å²) < 4.78 is 5.53. The molecule has 0 atom stereocenters. The Balaban J connectivity index is 1.35. The van der Waals surface area contributed by atoms with Crippen molar-refractivity contribution in [1.29, 1.82) is 0 Å². The van der Waals surface area contributed by atoms with Gasteiger partial charge < -0.3 is 9.64 Å². The molecule has 29 heavy (non-hydrogen) atoms. The van der Waals surface area contributed by atoms with E-state index in [-0.39, 0.29) is 0 Å². The Kier molecular flexibility index (Phi) is 7.18. The van der Waals surface area contributed by atoms with Crippen LogP contribution in [-0.2, 0) is 4.74 Å². The van der Waals surface area contributed by atoms with Gasteiger partial charge in [-0.15, -0.1) is 0 Å². The van der Waals surface area contributed by atoms with Crippen molar-refractivity contribution in [3.8, 4) is 0 Å². The van der Waals surface area contributed by atoms with Crippen LogP contribution in [0.2, 0.25) is 0 Å². The van der Waals surface area contributed by atoms with Gasteiger partial charge in [0.2, 0.25) is 0 Å². The number of hydrogen-bond donors (Lipinski definition) is 0. The lowest BCUT2D eigenvalue weighted by atomic mass is 9.66. The minimum Gasteiger partial charge on any atom is -0.381 e.